The Hall–Kier alpha value is -2.28. The number of carbonyl (C=O) groups is 1. The molecule has 8 heteroatoms. The van der Waals surface area contributed by atoms with Gasteiger partial charge in [-0.25, -0.2) is 9.18 Å². The van der Waals surface area contributed by atoms with Crippen molar-refractivity contribution in [3.63, 3.8) is 0 Å². The number of aromatic carboxylic acids is 1. The molecule has 0 atom stereocenters. The van der Waals surface area contributed by atoms with Gasteiger partial charge in [-0.3, -0.25) is 4.79 Å². The molecule has 1 heterocycles. The number of fused-ring (bicyclic) bond motifs is 1. The maximum Gasteiger partial charge on any atom is 0.341 e. The topological polar surface area (TPSA) is 97.3 Å². The molecule has 0 radical (unpaired) electrons. The second-order valence-electron chi connectivity index (χ2n) is 4.63. The highest BCUT2D eigenvalue weighted by molar-refractivity contribution is 6.36. The highest BCUT2D eigenvalue weighted by Gasteiger charge is 2.23. The largest absolute Gasteiger partial charge is 0.477 e. The summed E-state index contributed by atoms with van der Waals surface area (Å²) in [4.78, 5) is 23.6. The molecule has 2 aromatic rings. The van der Waals surface area contributed by atoms with Gasteiger partial charge in [0.05, 0.1) is 22.3 Å². The van der Waals surface area contributed by atoms with E-state index >= 15 is 0 Å². The van der Waals surface area contributed by atoms with Crippen molar-refractivity contribution in [1.29, 1.82) is 0 Å². The summed E-state index contributed by atoms with van der Waals surface area (Å²) in [6.07, 6.45) is 1.14. The van der Waals surface area contributed by atoms with Crippen LogP contribution in [0.5, 0.6) is 0 Å². The zero-order valence-corrected chi connectivity index (χ0v) is 12.8. The van der Waals surface area contributed by atoms with Gasteiger partial charge in [0.2, 0.25) is 5.43 Å². The van der Waals surface area contributed by atoms with Crippen molar-refractivity contribution < 1.29 is 14.3 Å². The van der Waals surface area contributed by atoms with E-state index in [2.05, 4.69) is 5.32 Å². The van der Waals surface area contributed by atoms with Crippen LogP contribution in [0.2, 0.25) is 5.02 Å². The third-order valence-electron chi connectivity index (χ3n) is 3.36. The smallest absolute Gasteiger partial charge is 0.341 e. The van der Waals surface area contributed by atoms with E-state index in [0.29, 0.717) is 13.1 Å². The van der Waals surface area contributed by atoms with Gasteiger partial charge in [-0.15, -0.1) is 0 Å². The van der Waals surface area contributed by atoms with Crippen molar-refractivity contribution in [2.75, 3.05) is 17.6 Å². The normalized spacial score (nSPS) is 10.9. The summed E-state index contributed by atoms with van der Waals surface area (Å²) in [5, 5.41) is 11.5. The minimum absolute atomic E-state index is 0.0934. The number of carboxylic acid groups (broad SMARTS) is 1. The van der Waals surface area contributed by atoms with Crippen molar-refractivity contribution in [1.82, 2.24) is 4.57 Å². The molecule has 22 heavy (non-hydrogen) atoms. The number of nitrogen functional groups attached to an aromatic ring is 1. The number of hydrogen-bond donors (Lipinski definition) is 3. The van der Waals surface area contributed by atoms with Gasteiger partial charge in [0, 0.05) is 19.3 Å². The predicted octanol–water partition coefficient (Wildman–Crippen LogP) is 2.53. The molecule has 0 saturated carbocycles. The van der Waals surface area contributed by atoms with E-state index < -0.39 is 22.8 Å². The van der Waals surface area contributed by atoms with Crippen molar-refractivity contribution in [3.8, 4) is 0 Å². The molecule has 0 aliphatic heterocycles. The molecule has 0 aliphatic rings. The van der Waals surface area contributed by atoms with Crippen LogP contribution in [0, 0.1) is 5.82 Å². The number of pyridine rings is 1. The lowest BCUT2D eigenvalue weighted by atomic mass is 10.1. The van der Waals surface area contributed by atoms with Crippen LogP contribution in [-0.4, -0.2) is 22.2 Å². The number of nitrogens with one attached hydrogen (secondary N) is 1. The zero-order chi connectivity index (χ0) is 16.6. The number of aryl methyl sites for hydroxylation is 1. The van der Waals surface area contributed by atoms with Crippen LogP contribution in [0.1, 0.15) is 24.2 Å². The molecule has 118 valence electrons. The van der Waals surface area contributed by atoms with Crippen LogP contribution in [-0.2, 0) is 6.54 Å². The second-order valence-corrected chi connectivity index (χ2v) is 5.01. The molecule has 1 aromatic heterocycles. The van der Waals surface area contributed by atoms with Crippen LogP contribution >= 0.6 is 11.6 Å². The number of carboxylic acids is 1. The summed E-state index contributed by atoms with van der Waals surface area (Å²) in [5.41, 5.74) is 4.53. The van der Waals surface area contributed by atoms with Gasteiger partial charge in [-0.05, 0) is 13.8 Å². The predicted molar refractivity (Wildman–Crippen MR) is 84.4 cm³/mol. The molecule has 0 saturated heterocycles. The molecule has 0 fully saturated rings. The average molecular weight is 328 g/mol. The minimum Gasteiger partial charge on any atom is -0.477 e. The van der Waals surface area contributed by atoms with Gasteiger partial charge >= 0.3 is 5.97 Å². The fraction of sp³-hybridized carbons (Fsp3) is 0.286. The van der Waals surface area contributed by atoms with Gasteiger partial charge in [0.25, 0.3) is 0 Å². The van der Waals surface area contributed by atoms with E-state index in [1.807, 2.05) is 0 Å². The van der Waals surface area contributed by atoms with Crippen LogP contribution in [0.25, 0.3) is 10.9 Å². The maximum absolute atomic E-state index is 14.4. The number of rotatable bonds is 4. The first-order chi connectivity index (χ1) is 10.3. The molecule has 0 spiro atoms. The molecule has 0 bridgehead atoms. The lowest BCUT2D eigenvalue weighted by molar-refractivity contribution is 0.0695. The Balaban J connectivity index is 3.10. The quantitative estimate of drug-likeness (QED) is 0.750. The molecule has 0 aliphatic carbocycles. The zero-order valence-electron chi connectivity index (χ0n) is 12.0. The fourth-order valence-electron chi connectivity index (χ4n) is 2.36. The van der Waals surface area contributed by atoms with Crippen molar-refractivity contribution in [2.45, 2.75) is 20.4 Å². The number of aromatic nitrogens is 1. The Labute approximate surface area is 130 Å². The van der Waals surface area contributed by atoms with Gasteiger partial charge < -0.3 is 20.7 Å². The Kier molecular flexibility index (Phi) is 4.27. The Morgan fingerprint density at radius 2 is 2.14 bits per heavy atom. The first-order valence-corrected chi connectivity index (χ1v) is 7.03. The van der Waals surface area contributed by atoms with Crippen molar-refractivity contribution in [3.05, 3.63) is 32.8 Å². The third-order valence-corrected chi connectivity index (χ3v) is 3.71. The van der Waals surface area contributed by atoms with Gasteiger partial charge in [0.15, 0.2) is 5.82 Å². The molecule has 1 aromatic carbocycles. The number of anilines is 2. The van der Waals surface area contributed by atoms with Crippen molar-refractivity contribution >= 4 is 39.8 Å². The minimum atomic E-state index is -1.38. The SMILES string of the molecule is CCNc1c(F)c(Cl)c2c(c1N)c(=O)c(C(=O)O)cn2CC. The van der Waals surface area contributed by atoms with Crippen LogP contribution in [0.3, 0.4) is 0 Å². The molecule has 0 unspecified atom stereocenters. The second kappa shape index (κ2) is 5.84. The van der Waals surface area contributed by atoms with Gasteiger partial charge in [-0.1, -0.05) is 11.6 Å². The number of nitrogens with zero attached hydrogens (tertiary/aromatic N) is 1. The van der Waals surface area contributed by atoms with Crippen LogP contribution in [0.15, 0.2) is 11.0 Å². The summed E-state index contributed by atoms with van der Waals surface area (Å²) in [7, 11) is 0. The molecule has 6 nitrogen and oxygen atoms in total. The van der Waals surface area contributed by atoms with E-state index in [4.69, 9.17) is 22.4 Å². The third kappa shape index (κ3) is 2.27. The van der Waals surface area contributed by atoms with Crippen molar-refractivity contribution in [2.24, 2.45) is 0 Å². The summed E-state index contributed by atoms with van der Waals surface area (Å²) in [6.45, 7) is 4.12. The maximum atomic E-state index is 14.4. The Bertz CT molecular complexity index is 833. The highest BCUT2D eigenvalue weighted by Crippen LogP contribution is 2.37. The standard InChI is InChI=1S/C14H15ClFN3O3/c1-3-18-11-9(16)8(15)12-7(10(11)17)13(20)6(14(21)22)5-19(12)4-2/h5,18H,3-4,17H2,1-2H3,(H,21,22). The first-order valence-electron chi connectivity index (χ1n) is 6.65. The number of halogens is 2. The first kappa shape index (κ1) is 16.1. The summed E-state index contributed by atoms with van der Waals surface area (Å²) >= 11 is 6.05. The highest BCUT2D eigenvalue weighted by atomic mass is 35.5. The number of nitrogens with two attached hydrogens (primary N) is 1. The number of hydrogen-bond acceptors (Lipinski definition) is 4. The van der Waals surface area contributed by atoms with E-state index in [1.165, 1.54) is 4.57 Å². The monoisotopic (exact) mass is 327 g/mol. The van der Waals surface area contributed by atoms with E-state index in [-0.39, 0.29) is 27.3 Å². The Morgan fingerprint density at radius 1 is 1.50 bits per heavy atom. The molecule has 4 N–H and O–H groups in total. The summed E-state index contributed by atoms with van der Waals surface area (Å²) in [5.74, 6) is -2.14. The number of benzene rings is 1. The average Bonchev–Trinajstić information content (AvgIpc) is 2.48. The molecular weight excluding hydrogens is 313 g/mol. The molecule has 2 rings (SSSR count). The van der Waals surface area contributed by atoms with Crippen LogP contribution < -0.4 is 16.5 Å². The van der Waals surface area contributed by atoms with E-state index in [1.54, 1.807) is 13.8 Å². The molecule has 0 amide bonds. The summed E-state index contributed by atoms with van der Waals surface area (Å²) < 4.78 is 15.8. The fourth-order valence-corrected chi connectivity index (χ4v) is 2.66. The van der Waals surface area contributed by atoms with Gasteiger partial charge in [-0.2, -0.15) is 0 Å². The summed E-state index contributed by atoms with van der Waals surface area (Å²) in [6, 6.07) is 0. The lowest BCUT2D eigenvalue weighted by Gasteiger charge is -2.17. The lowest BCUT2D eigenvalue weighted by Crippen LogP contribution is -2.21. The van der Waals surface area contributed by atoms with E-state index in [9.17, 15) is 14.0 Å². The molecular formula is C14H15ClFN3O3. The van der Waals surface area contributed by atoms with E-state index in [0.717, 1.165) is 6.20 Å². The Morgan fingerprint density at radius 3 is 2.64 bits per heavy atom. The van der Waals surface area contributed by atoms with Crippen LogP contribution in [0.4, 0.5) is 15.8 Å². The van der Waals surface area contributed by atoms with Gasteiger partial charge in [0.1, 0.15) is 10.6 Å².